The maximum Gasteiger partial charge on any atom is 0.410 e. The van der Waals surface area contributed by atoms with Gasteiger partial charge in [-0.05, 0) is 111 Å². The number of carbonyl (C=O) groups is 2. The van der Waals surface area contributed by atoms with Gasteiger partial charge in [-0.3, -0.25) is 4.79 Å². The molecule has 2 aliphatic rings. The summed E-state index contributed by atoms with van der Waals surface area (Å²) in [6, 6.07) is 24.4. The minimum absolute atomic E-state index is 0.166. The fourth-order valence-corrected chi connectivity index (χ4v) is 6.78. The van der Waals surface area contributed by atoms with E-state index in [1.165, 1.54) is 27.9 Å². The second-order valence-electron chi connectivity index (χ2n) is 15.0. The highest BCUT2D eigenvalue weighted by Gasteiger charge is 2.28. The molecule has 1 aromatic heterocycles. The van der Waals surface area contributed by atoms with Gasteiger partial charge >= 0.3 is 6.09 Å². The Bertz CT molecular complexity index is 1930. The normalized spacial score (nSPS) is 17.0. The number of likely N-dealkylation sites (N-methyl/N-ethyl adjacent to an activating group) is 1. The van der Waals surface area contributed by atoms with Gasteiger partial charge in [-0.25, -0.2) is 9.48 Å². The van der Waals surface area contributed by atoms with Crippen LogP contribution in [0.15, 0.2) is 84.9 Å². The molecule has 1 atom stereocenters. The lowest BCUT2D eigenvalue weighted by molar-refractivity contribution is -0.123. The third-order valence-electron chi connectivity index (χ3n) is 9.70. The summed E-state index contributed by atoms with van der Waals surface area (Å²) in [4.78, 5) is 28.0. The third-order valence-corrected chi connectivity index (χ3v) is 9.70. The summed E-state index contributed by atoms with van der Waals surface area (Å²) in [5.41, 5.74) is 5.45. The number of carbonyl (C=O) groups excluding carboxylic acids is 2. The van der Waals surface area contributed by atoms with Crippen LogP contribution in [0.25, 0.3) is 22.0 Å². The average molecular weight is 723 g/mol. The van der Waals surface area contributed by atoms with E-state index in [1.807, 2.05) is 63.2 Å². The van der Waals surface area contributed by atoms with Crippen molar-refractivity contribution in [3.63, 3.8) is 0 Å². The topological polar surface area (TPSA) is 86.1 Å². The molecule has 2 fully saturated rings. The standard InChI is InChI=1S/C43H51FN4O5/c1-43(2,3)53-42(50)47(25-12-17-37(49)46(4)5)26-28-51-34-22-19-32(20-23-34)40(39(31-15-11-16-31)30-13-7-6-8-14-30)33-21-24-36-35(29-33)41(44)45-48(36)38-18-9-10-27-52-38/h6-8,12-14,17,19-24,29,31,38H,9-11,15-16,18,25-28H2,1-5H3/b17-12+,40-39-. The van der Waals surface area contributed by atoms with Gasteiger partial charge in [-0.2, -0.15) is 4.39 Å². The number of allylic oxidation sites excluding steroid dienone is 1. The lowest BCUT2D eigenvalue weighted by Gasteiger charge is -2.31. The molecule has 3 aromatic carbocycles. The number of fused-ring (bicyclic) bond motifs is 1. The van der Waals surface area contributed by atoms with Crippen LogP contribution in [0, 0.1) is 11.9 Å². The van der Waals surface area contributed by atoms with E-state index in [4.69, 9.17) is 14.2 Å². The van der Waals surface area contributed by atoms with Crippen molar-refractivity contribution in [3.8, 4) is 5.75 Å². The predicted molar refractivity (Wildman–Crippen MR) is 206 cm³/mol. The van der Waals surface area contributed by atoms with Crippen LogP contribution in [-0.4, -0.2) is 77.6 Å². The van der Waals surface area contributed by atoms with Crippen LogP contribution in [0.1, 0.15) is 82.2 Å². The summed E-state index contributed by atoms with van der Waals surface area (Å²) in [5, 5.41) is 4.78. The highest BCUT2D eigenvalue weighted by molar-refractivity contribution is 6.01. The summed E-state index contributed by atoms with van der Waals surface area (Å²) < 4.78 is 35.0. The number of aromatic nitrogens is 2. The molecule has 1 aliphatic carbocycles. The quantitative estimate of drug-likeness (QED) is 0.107. The molecule has 9 nitrogen and oxygen atoms in total. The first kappa shape index (κ1) is 37.8. The fraction of sp³-hybridized carbons (Fsp3) is 0.419. The van der Waals surface area contributed by atoms with E-state index in [9.17, 15) is 9.59 Å². The Morgan fingerprint density at radius 2 is 1.68 bits per heavy atom. The maximum atomic E-state index is 15.6. The fourth-order valence-electron chi connectivity index (χ4n) is 6.78. The molecular formula is C43H51FN4O5. The van der Waals surface area contributed by atoms with E-state index in [1.54, 1.807) is 24.9 Å². The molecule has 1 aliphatic heterocycles. The highest BCUT2D eigenvalue weighted by atomic mass is 19.1. The summed E-state index contributed by atoms with van der Waals surface area (Å²) in [6.07, 6.45) is 8.55. The number of halogens is 1. The van der Waals surface area contributed by atoms with Crippen molar-refractivity contribution in [1.29, 1.82) is 0 Å². The number of nitrogens with zero attached hydrogens (tertiary/aromatic N) is 4. The minimum Gasteiger partial charge on any atom is -0.492 e. The average Bonchev–Trinajstić information content (AvgIpc) is 3.45. The van der Waals surface area contributed by atoms with Crippen molar-refractivity contribution in [1.82, 2.24) is 19.6 Å². The first-order valence-corrected chi connectivity index (χ1v) is 18.7. The molecule has 1 unspecified atom stereocenters. The van der Waals surface area contributed by atoms with Gasteiger partial charge < -0.3 is 24.0 Å². The zero-order valence-electron chi connectivity index (χ0n) is 31.5. The Morgan fingerprint density at radius 1 is 0.943 bits per heavy atom. The number of rotatable bonds is 12. The predicted octanol–water partition coefficient (Wildman–Crippen LogP) is 8.89. The van der Waals surface area contributed by atoms with E-state index >= 15 is 4.39 Å². The lowest BCUT2D eigenvalue weighted by Crippen LogP contribution is -2.39. The largest absolute Gasteiger partial charge is 0.492 e. The maximum absolute atomic E-state index is 15.6. The van der Waals surface area contributed by atoms with E-state index in [0.717, 1.165) is 59.9 Å². The van der Waals surface area contributed by atoms with Crippen molar-refractivity contribution in [3.05, 3.63) is 108 Å². The molecule has 2 heterocycles. The van der Waals surface area contributed by atoms with E-state index < -0.39 is 17.6 Å². The number of amides is 2. The monoisotopic (exact) mass is 722 g/mol. The van der Waals surface area contributed by atoms with Crippen LogP contribution in [0.3, 0.4) is 0 Å². The number of ether oxygens (including phenoxy) is 3. The molecule has 53 heavy (non-hydrogen) atoms. The van der Waals surface area contributed by atoms with Gasteiger partial charge in [-0.1, -0.05) is 61.0 Å². The third kappa shape index (κ3) is 9.35. The van der Waals surface area contributed by atoms with Crippen LogP contribution in [0.2, 0.25) is 0 Å². The Hall–Kier alpha value is -4.96. The zero-order chi connectivity index (χ0) is 37.5. The van der Waals surface area contributed by atoms with Gasteiger partial charge in [0.2, 0.25) is 11.9 Å². The van der Waals surface area contributed by atoms with Crippen LogP contribution >= 0.6 is 0 Å². The summed E-state index contributed by atoms with van der Waals surface area (Å²) >= 11 is 0. The van der Waals surface area contributed by atoms with Gasteiger partial charge in [0.1, 0.15) is 18.0 Å². The summed E-state index contributed by atoms with van der Waals surface area (Å²) in [7, 11) is 3.35. The van der Waals surface area contributed by atoms with Crippen molar-refractivity contribution in [2.45, 2.75) is 71.1 Å². The van der Waals surface area contributed by atoms with Crippen LogP contribution in [0.4, 0.5) is 9.18 Å². The molecule has 10 heteroatoms. The van der Waals surface area contributed by atoms with Gasteiger partial charge in [0, 0.05) is 33.3 Å². The van der Waals surface area contributed by atoms with Gasteiger partial charge in [0.05, 0.1) is 17.4 Å². The molecule has 0 bridgehead atoms. The summed E-state index contributed by atoms with van der Waals surface area (Å²) in [6.45, 7) is 6.78. The number of benzene rings is 3. The molecular weight excluding hydrogens is 671 g/mol. The van der Waals surface area contributed by atoms with Crippen molar-refractivity contribution in [2.75, 3.05) is 40.4 Å². The summed E-state index contributed by atoms with van der Waals surface area (Å²) in [5.74, 6) is 0.365. The van der Waals surface area contributed by atoms with E-state index in [2.05, 4.69) is 35.4 Å². The Kier molecular flexibility index (Phi) is 12.0. The van der Waals surface area contributed by atoms with Crippen molar-refractivity contribution >= 4 is 34.0 Å². The molecule has 1 saturated heterocycles. The second-order valence-corrected chi connectivity index (χ2v) is 15.0. The molecule has 4 aromatic rings. The van der Waals surface area contributed by atoms with Gasteiger partial charge in [0.15, 0.2) is 6.23 Å². The smallest absolute Gasteiger partial charge is 0.410 e. The molecule has 6 rings (SSSR count). The van der Waals surface area contributed by atoms with Crippen molar-refractivity contribution in [2.24, 2.45) is 5.92 Å². The lowest BCUT2D eigenvalue weighted by atomic mass is 9.73. The van der Waals surface area contributed by atoms with E-state index in [0.29, 0.717) is 23.7 Å². The first-order valence-electron chi connectivity index (χ1n) is 18.7. The molecule has 2 amide bonds. The second kappa shape index (κ2) is 16.8. The SMILES string of the molecule is CN(C)C(=O)/C=C/CN(CCOc1ccc(/C(=C(\c2ccccc2)C2CCC2)c2ccc3c(c2)c(F)nn3C2CCCCO2)cc1)C(=O)OC(C)(C)C. The van der Waals surface area contributed by atoms with Crippen LogP contribution < -0.4 is 4.74 Å². The minimum atomic E-state index is -0.668. The molecule has 1 saturated carbocycles. The highest BCUT2D eigenvalue weighted by Crippen LogP contribution is 2.45. The Labute approximate surface area is 312 Å². The van der Waals surface area contributed by atoms with E-state index in [-0.39, 0.29) is 31.8 Å². The van der Waals surface area contributed by atoms with Gasteiger partial charge in [-0.15, -0.1) is 5.10 Å². The Balaban J connectivity index is 1.28. The zero-order valence-corrected chi connectivity index (χ0v) is 31.5. The van der Waals surface area contributed by atoms with Gasteiger partial charge in [0.25, 0.3) is 0 Å². The van der Waals surface area contributed by atoms with Crippen LogP contribution in [0.5, 0.6) is 5.75 Å². The van der Waals surface area contributed by atoms with Crippen LogP contribution in [-0.2, 0) is 14.3 Å². The Morgan fingerprint density at radius 3 is 2.32 bits per heavy atom. The number of hydrogen-bond donors (Lipinski definition) is 0. The molecule has 0 radical (unpaired) electrons. The number of hydrogen-bond acceptors (Lipinski definition) is 6. The van der Waals surface area contributed by atoms with Crippen molar-refractivity contribution < 1.29 is 28.2 Å². The molecule has 280 valence electrons. The molecule has 0 N–H and O–H groups in total. The molecule has 0 spiro atoms. The first-order chi connectivity index (χ1) is 25.5.